The number of rotatable bonds is 4. The molecule has 0 bridgehead atoms. The number of aliphatic hydroxyl groups is 2. The summed E-state index contributed by atoms with van der Waals surface area (Å²) >= 11 is 6.35. The standard InChI is InChI=1S/C20H22ClF3N6O2/c1-10-8-29(18-13(21)4-11(7-26-18)16(32)9-31)2-3-30(10)19-27-15-6-12(20(22,23)24)5-14(25)17(15)28-19/h4-7,10,16,31-32H,2-3,8-9,25H2,1H3,(H,27,28)/t10-,16?/m1/s1. The monoisotopic (exact) mass is 470 g/mol. The Morgan fingerprint density at radius 3 is 2.69 bits per heavy atom. The molecule has 0 aliphatic carbocycles. The molecule has 12 heteroatoms. The number of imidazole rings is 1. The number of nitrogens with one attached hydrogen (secondary N) is 1. The van der Waals surface area contributed by atoms with Gasteiger partial charge in [-0.3, -0.25) is 0 Å². The molecular formula is C20H22ClF3N6O2. The molecule has 8 nitrogen and oxygen atoms in total. The molecule has 1 aromatic carbocycles. The molecule has 0 saturated carbocycles. The van der Waals surface area contributed by atoms with Crippen molar-refractivity contribution in [2.75, 3.05) is 41.8 Å². The number of benzene rings is 1. The van der Waals surface area contributed by atoms with Gasteiger partial charge in [-0.25, -0.2) is 9.97 Å². The number of piperazine rings is 1. The number of nitrogen functional groups attached to an aromatic ring is 1. The van der Waals surface area contributed by atoms with Crippen molar-refractivity contribution in [2.24, 2.45) is 0 Å². The van der Waals surface area contributed by atoms with E-state index in [1.807, 2.05) is 16.7 Å². The predicted molar refractivity (Wildman–Crippen MR) is 116 cm³/mol. The molecule has 3 heterocycles. The van der Waals surface area contributed by atoms with E-state index in [0.717, 1.165) is 12.1 Å². The third kappa shape index (κ3) is 4.15. The highest BCUT2D eigenvalue weighted by Crippen LogP contribution is 2.35. The number of nitrogens with two attached hydrogens (primary N) is 1. The Balaban J connectivity index is 1.55. The lowest BCUT2D eigenvalue weighted by molar-refractivity contribution is -0.137. The Hall–Kier alpha value is -2.76. The zero-order chi connectivity index (χ0) is 23.2. The maximum atomic E-state index is 13.1. The van der Waals surface area contributed by atoms with Crippen molar-refractivity contribution in [3.63, 3.8) is 0 Å². The van der Waals surface area contributed by atoms with E-state index in [4.69, 9.17) is 22.4 Å². The first-order valence-corrected chi connectivity index (χ1v) is 10.3. The van der Waals surface area contributed by atoms with E-state index in [2.05, 4.69) is 15.0 Å². The van der Waals surface area contributed by atoms with Crippen LogP contribution < -0.4 is 15.5 Å². The second-order valence-corrected chi connectivity index (χ2v) is 8.19. The fourth-order valence-corrected chi connectivity index (χ4v) is 4.16. The molecule has 32 heavy (non-hydrogen) atoms. The summed E-state index contributed by atoms with van der Waals surface area (Å²) in [5.41, 5.74) is 5.90. The van der Waals surface area contributed by atoms with Crippen molar-refractivity contribution >= 4 is 40.1 Å². The highest BCUT2D eigenvalue weighted by Gasteiger charge is 2.33. The van der Waals surface area contributed by atoms with Crippen LogP contribution in [0.5, 0.6) is 0 Å². The number of hydrogen-bond donors (Lipinski definition) is 4. The van der Waals surface area contributed by atoms with Crippen molar-refractivity contribution in [3.8, 4) is 0 Å². The Labute approximate surface area is 186 Å². The van der Waals surface area contributed by atoms with Gasteiger partial charge in [0.15, 0.2) is 0 Å². The number of pyridine rings is 1. The number of aliphatic hydroxyl groups excluding tert-OH is 2. The maximum absolute atomic E-state index is 13.1. The summed E-state index contributed by atoms with van der Waals surface area (Å²) in [6, 6.07) is 3.41. The quantitative estimate of drug-likeness (QED) is 0.433. The molecule has 0 radical (unpaired) electrons. The van der Waals surface area contributed by atoms with Crippen LogP contribution in [0.15, 0.2) is 24.4 Å². The van der Waals surface area contributed by atoms with Crippen molar-refractivity contribution in [1.29, 1.82) is 0 Å². The lowest BCUT2D eigenvalue weighted by Gasteiger charge is -2.40. The molecular weight excluding hydrogens is 449 g/mol. The van der Waals surface area contributed by atoms with Crippen molar-refractivity contribution in [1.82, 2.24) is 15.0 Å². The fraction of sp³-hybridized carbons (Fsp3) is 0.400. The van der Waals surface area contributed by atoms with E-state index in [0.29, 0.717) is 47.5 Å². The van der Waals surface area contributed by atoms with Crippen LogP contribution in [0.1, 0.15) is 24.2 Å². The van der Waals surface area contributed by atoms with Crippen molar-refractivity contribution in [3.05, 3.63) is 40.5 Å². The highest BCUT2D eigenvalue weighted by atomic mass is 35.5. The molecule has 1 aliphatic heterocycles. The topological polar surface area (TPSA) is 115 Å². The molecule has 172 valence electrons. The fourth-order valence-electron chi connectivity index (χ4n) is 3.86. The normalized spacial score (nSPS) is 18.4. The Morgan fingerprint density at radius 2 is 2.06 bits per heavy atom. The first kappa shape index (κ1) is 22.4. The van der Waals surface area contributed by atoms with Crippen LogP contribution in [0.4, 0.5) is 30.6 Å². The van der Waals surface area contributed by atoms with Gasteiger partial charge >= 0.3 is 6.18 Å². The van der Waals surface area contributed by atoms with Crippen molar-refractivity contribution < 1.29 is 23.4 Å². The second kappa shape index (κ2) is 8.30. The minimum atomic E-state index is -4.50. The van der Waals surface area contributed by atoms with Gasteiger partial charge in [0.25, 0.3) is 0 Å². The number of anilines is 3. The summed E-state index contributed by atoms with van der Waals surface area (Å²) in [4.78, 5) is 15.7. The summed E-state index contributed by atoms with van der Waals surface area (Å²) in [6.07, 6.45) is -4.08. The van der Waals surface area contributed by atoms with Gasteiger partial charge in [-0.2, -0.15) is 13.2 Å². The maximum Gasteiger partial charge on any atom is 0.416 e. The molecule has 1 unspecified atom stereocenters. The molecule has 0 spiro atoms. The number of halogens is 4. The number of nitrogens with zero attached hydrogens (tertiary/aromatic N) is 4. The lowest BCUT2D eigenvalue weighted by atomic mass is 10.1. The first-order chi connectivity index (χ1) is 15.1. The van der Waals surface area contributed by atoms with Gasteiger partial charge in [-0.15, -0.1) is 0 Å². The van der Waals surface area contributed by atoms with E-state index in [1.165, 1.54) is 6.20 Å². The Bertz CT molecular complexity index is 1140. The zero-order valence-corrected chi connectivity index (χ0v) is 17.8. The predicted octanol–water partition coefficient (Wildman–Crippen LogP) is 2.95. The summed E-state index contributed by atoms with van der Waals surface area (Å²) in [5, 5.41) is 19.2. The third-order valence-electron chi connectivity index (χ3n) is 5.53. The summed E-state index contributed by atoms with van der Waals surface area (Å²) < 4.78 is 39.3. The van der Waals surface area contributed by atoms with Gasteiger partial charge < -0.3 is 30.7 Å². The SMILES string of the molecule is C[C@@H]1CN(c2ncc(C(O)CO)cc2Cl)CCN1c1nc2c(N)cc(C(F)(F)F)cc2[nH]1. The highest BCUT2D eigenvalue weighted by molar-refractivity contribution is 6.33. The van der Waals surface area contributed by atoms with Gasteiger partial charge in [0.05, 0.1) is 28.4 Å². The average Bonchev–Trinajstić information content (AvgIpc) is 3.17. The van der Waals surface area contributed by atoms with E-state index in [-0.39, 0.29) is 17.2 Å². The summed E-state index contributed by atoms with van der Waals surface area (Å²) in [5.74, 6) is 0.995. The van der Waals surface area contributed by atoms with E-state index >= 15 is 0 Å². The first-order valence-electron chi connectivity index (χ1n) is 9.91. The summed E-state index contributed by atoms with van der Waals surface area (Å²) in [7, 11) is 0. The van der Waals surface area contributed by atoms with Crippen molar-refractivity contribution in [2.45, 2.75) is 25.2 Å². The van der Waals surface area contributed by atoms with Gasteiger partial charge in [0, 0.05) is 37.4 Å². The van der Waals surface area contributed by atoms with Crippen LogP contribution in [0.3, 0.4) is 0 Å². The molecule has 5 N–H and O–H groups in total. The average molecular weight is 471 g/mol. The second-order valence-electron chi connectivity index (χ2n) is 7.78. The number of hydrogen-bond acceptors (Lipinski definition) is 7. The van der Waals surface area contributed by atoms with Crippen LogP contribution in [0.2, 0.25) is 5.02 Å². The molecule has 2 aromatic heterocycles. The molecule has 3 aromatic rings. The van der Waals surface area contributed by atoms with Crippen LogP contribution in [0.25, 0.3) is 11.0 Å². The van der Waals surface area contributed by atoms with Crippen LogP contribution in [-0.2, 0) is 6.18 Å². The molecule has 1 fully saturated rings. The van der Waals surface area contributed by atoms with E-state index in [9.17, 15) is 18.3 Å². The molecule has 2 atom stereocenters. The smallest absolute Gasteiger partial charge is 0.397 e. The zero-order valence-electron chi connectivity index (χ0n) is 17.1. The number of H-pyrrole nitrogens is 1. The molecule has 1 saturated heterocycles. The number of alkyl halides is 3. The van der Waals surface area contributed by atoms with Crippen LogP contribution in [0, 0.1) is 0 Å². The number of fused-ring (bicyclic) bond motifs is 1. The summed E-state index contributed by atoms with van der Waals surface area (Å²) in [6.45, 7) is 3.13. The lowest BCUT2D eigenvalue weighted by Crippen LogP contribution is -2.52. The Morgan fingerprint density at radius 1 is 1.31 bits per heavy atom. The van der Waals surface area contributed by atoms with Crippen LogP contribution >= 0.6 is 11.6 Å². The minimum Gasteiger partial charge on any atom is -0.397 e. The van der Waals surface area contributed by atoms with Crippen LogP contribution in [-0.4, -0.2) is 57.4 Å². The Kier molecular flexibility index (Phi) is 5.82. The van der Waals surface area contributed by atoms with Gasteiger partial charge in [0.1, 0.15) is 17.4 Å². The molecule has 4 rings (SSSR count). The molecule has 0 amide bonds. The van der Waals surface area contributed by atoms with E-state index in [1.54, 1.807) is 6.07 Å². The molecule has 1 aliphatic rings. The van der Waals surface area contributed by atoms with E-state index < -0.39 is 24.5 Å². The van der Waals surface area contributed by atoms with Gasteiger partial charge in [0.2, 0.25) is 5.95 Å². The third-order valence-corrected chi connectivity index (χ3v) is 5.81. The minimum absolute atomic E-state index is 0.0373. The number of aromatic amines is 1. The largest absolute Gasteiger partial charge is 0.416 e. The number of aromatic nitrogens is 3. The van der Waals surface area contributed by atoms with Gasteiger partial charge in [-0.1, -0.05) is 11.6 Å². The van der Waals surface area contributed by atoms with Gasteiger partial charge in [-0.05, 0) is 25.1 Å².